The molecule has 0 aromatic carbocycles. The summed E-state index contributed by atoms with van der Waals surface area (Å²) in [6.45, 7) is 0. The van der Waals surface area contributed by atoms with E-state index in [-0.39, 0.29) is 11.8 Å². The molecule has 1 aliphatic heterocycles. The van der Waals surface area contributed by atoms with E-state index in [0.717, 1.165) is 6.42 Å². The Hall–Kier alpha value is -1.64. The van der Waals surface area contributed by atoms with Crippen molar-refractivity contribution in [3.05, 3.63) is 36.5 Å². The van der Waals surface area contributed by atoms with Gasteiger partial charge in [0.05, 0.1) is 5.92 Å². The van der Waals surface area contributed by atoms with Gasteiger partial charge in [-0.05, 0) is 12.3 Å². The molecule has 2 atom stereocenters. The minimum Gasteiger partial charge on any atom is -0.389 e. The fourth-order valence-electron chi connectivity index (χ4n) is 1.65. The number of ether oxygens (including phenoxy) is 1. The van der Waals surface area contributed by atoms with Gasteiger partial charge in [0.25, 0.3) is 0 Å². The quantitative estimate of drug-likeness (QED) is 0.463. The van der Waals surface area contributed by atoms with E-state index in [1.165, 1.54) is 6.08 Å². The van der Waals surface area contributed by atoms with Crippen LogP contribution in [0.2, 0.25) is 0 Å². The van der Waals surface area contributed by atoms with Gasteiger partial charge < -0.3 is 4.74 Å². The molecular formula is C11H10O3. The van der Waals surface area contributed by atoms with Crippen molar-refractivity contribution in [3.8, 4) is 0 Å². The molecule has 0 radical (unpaired) electrons. The van der Waals surface area contributed by atoms with Gasteiger partial charge >= 0.3 is 11.9 Å². The normalized spacial score (nSPS) is 30.6. The number of carbonyl (C=O) groups excluding carboxylic acids is 2. The number of rotatable bonds is 1. The van der Waals surface area contributed by atoms with Gasteiger partial charge in [0.15, 0.2) is 0 Å². The maximum Gasteiger partial charge on any atom is 0.338 e. The summed E-state index contributed by atoms with van der Waals surface area (Å²) < 4.78 is 4.53. The summed E-state index contributed by atoms with van der Waals surface area (Å²) in [4.78, 5) is 22.1. The van der Waals surface area contributed by atoms with Gasteiger partial charge in [0, 0.05) is 6.08 Å². The highest BCUT2D eigenvalue weighted by molar-refractivity contribution is 5.97. The van der Waals surface area contributed by atoms with Crippen LogP contribution in [0.5, 0.6) is 0 Å². The van der Waals surface area contributed by atoms with Gasteiger partial charge in [-0.3, -0.25) is 4.79 Å². The van der Waals surface area contributed by atoms with Crippen LogP contribution in [0.3, 0.4) is 0 Å². The lowest BCUT2D eigenvalue weighted by Crippen LogP contribution is -2.28. The average Bonchev–Trinajstić information content (AvgIpc) is 2.19. The molecule has 0 saturated heterocycles. The van der Waals surface area contributed by atoms with E-state index in [4.69, 9.17) is 0 Å². The van der Waals surface area contributed by atoms with Crippen molar-refractivity contribution >= 4 is 11.9 Å². The molecule has 14 heavy (non-hydrogen) atoms. The van der Waals surface area contributed by atoms with E-state index in [9.17, 15) is 9.59 Å². The van der Waals surface area contributed by atoms with Crippen molar-refractivity contribution in [2.75, 3.05) is 0 Å². The van der Waals surface area contributed by atoms with Gasteiger partial charge in [-0.15, -0.1) is 0 Å². The first kappa shape index (κ1) is 8.94. The largest absolute Gasteiger partial charge is 0.389 e. The zero-order valence-corrected chi connectivity index (χ0v) is 7.55. The Morgan fingerprint density at radius 3 is 2.71 bits per heavy atom. The minimum absolute atomic E-state index is 0.122. The SMILES string of the molecule is O=C1C=CC(C2C=CC=CC2)C(=O)O1. The first-order valence-electron chi connectivity index (χ1n) is 4.54. The second-order valence-corrected chi connectivity index (χ2v) is 3.34. The highest BCUT2D eigenvalue weighted by Gasteiger charge is 2.30. The van der Waals surface area contributed by atoms with Gasteiger partial charge in [0.2, 0.25) is 0 Å². The van der Waals surface area contributed by atoms with Crippen LogP contribution in [0.1, 0.15) is 6.42 Å². The fourth-order valence-corrected chi connectivity index (χ4v) is 1.65. The summed E-state index contributed by atoms with van der Waals surface area (Å²) in [6.07, 6.45) is 11.6. The van der Waals surface area contributed by atoms with E-state index in [0.29, 0.717) is 0 Å². The molecule has 3 heteroatoms. The third-order valence-electron chi connectivity index (χ3n) is 2.39. The number of cyclic esters (lactones) is 2. The van der Waals surface area contributed by atoms with Gasteiger partial charge in [0.1, 0.15) is 0 Å². The van der Waals surface area contributed by atoms with E-state index in [1.54, 1.807) is 6.08 Å². The molecule has 3 nitrogen and oxygen atoms in total. The molecule has 1 heterocycles. The lowest BCUT2D eigenvalue weighted by molar-refractivity contribution is -0.160. The first-order valence-corrected chi connectivity index (χ1v) is 4.54. The number of hydrogen-bond donors (Lipinski definition) is 0. The van der Waals surface area contributed by atoms with Crippen molar-refractivity contribution in [3.63, 3.8) is 0 Å². The number of carbonyl (C=O) groups is 2. The Morgan fingerprint density at radius 2 is 2.07 bits per heavy atom. The molecule has 0 saturated carbocycles. The van der Waals surface area contributed by atoms with Gasteiger partial charge in [-0.1, -0.05) is 30.4 Å². The smallest absolute Gasteiger partial charge is 0.338 e. The molecule has 1 aliphatic carbocycles. The van der Waals surface area contributed by atoms with Crippen molar-refractivity contribution in [1.29, 1.82) is 0 Å². The van der Waals surface area contributed by atoms with Crippen LogP contribution in [0.4, 0.5) is 0 Å². The maximum atomic E-state index is 11.4. The molecule has 0 bridgehead atoms. The molecule has 0 N–H and O–H groups in total. The Bertz CT molecular complexity index is 350. The van der Waals surface area contributed by atoms with Crippen molar-refractivity contribution in [2.45, 2.75) is 6.42 Å². The predicted molar refractivity (Wildman–Crippen MR) is 50.1 cm³/mol. The van der Waals surface area contributed by atoms with Crippen LogP contribution in [-0.4, -0.2) is 11.9 Å². The number of esters is 2. The first-order chi connectivity index (χ1) is 6.77. The van der Waals surface area contributed by atoms with Crippen LogP contribution in [0.15, 0.2) is 36.5 Å². The Balaban J connectivity index is 2.14. The van der Waals surface area contributed by atoms with Crippen molar-refractivity contribution < 1.29 is 14.3 Å². The summed E-state index contributed by atoms with van der Waals surface area (Å²) in [6, 6.07) is 0. The molecule has 0 amide bonds. The Morgan fingerprint density at radius 1 is 1.21 bits per heavy atom. The van der Waals surface area contributed by atoms with Crippen molar-refractivity contribution in [1.82, 2.24) is 0 Å². The lowest BCUT2D eigenvalue weighted by atomic mass is 9.86. The third-order valence-corrected chi connectivity index (χ3v) is 2.39. The lowest BCUT2D eigenvalue weighted by Gasteiger charge is -2.22. The zero-order chi connectivity index (χ0) is 9.97. The highest BCUT2D eigenvalue weighted by Crippen LogP contribution is 2.25. The van der Waals surface area contributed by atoms with Crippen molar-refractivity contribution in [2.24, 2.45) is 11.8 Å². The van der Waals surface area contributed by atoms with E-state index in [1.807, 2.05) is 24.3 Å². The van der Waals surface area contributed by atoms with E-state index >= 15 is 0 Å². The standard InChI is InChI=1S/C11H10O3/c12-10-7-6-9(11(13)14-10)8-4-2-1-3-5-8/h1-4,6-9H,5H2. The monoisotopic (exact) mass is 190 g/mol. The third kappa shape index (κ3) is 1.66. The van der Waals surface area contributed by atoms with Crippen LogP contribution >= 0.6 is 0 Å². The second kappa shape index (κ2) is 3.62. The summed E-state index contributed by atoms with van der Waals surface area (Å²) >= 11 is 0. The number of hydrogen-bond acceptors (Lipinski definition) is 3. The minimum atomic E-state index is -0.568. The predicted octanol–water partition coefficient (Wildman–Crippen LogP) is 1.37. The summed E-state index contributed by atoms with van der Waals surface area (Å²) in [7, 11) is 0. The summed E-state index contributed by atoms with van der Waals surface area (Å²) in [5.41, 5.74) is 0. The van der Waals surface area contributed by atoms with Gasteiger partial charge in [-0.25, -0.2) is 4.79 Å². The van der Waals surface area contributed by atoms with E-state index in [2.05, 4.69) is 4.74 Å². The summed E-state index contributed by atoms with van der Waals surface area (Å²) in [5.74, 6) is -1.20. The molecular weight excluding hydrogens is 180 g/mol. The molecule has 72 valence electrons. The van der Waals surface area contributed by atoms with Gasteiger partial charge in [-0.2, -0.15) is 0 Å². The average molecular weight is 190 g/mol. The molecule has 0 aromatic rings. The topological polar surface area (TPSA) is 43.4 Å². The molecule has 2 aliphatic rings. The maximum absolute atomic E-state index is 11.4. The Kier molecular flexibility index (Phi) is 2.31. The molecule has 2 unspecified atom stereocenters. The highest BCUT2D eigenvalue weighted by atomic mass is 16.6. The molecule has 0 aromatic heterocycles. The zero-order valence-electron chi connectivity index (χ0n) is 7.55. The van der Waals surface area contributed by atoms with Crippen LogP contribution in [0.25, 0.3) is 0 Å². The second-order valence-electron chi connectivity index (χ2n) is 3.34. The van der Waals surface area contributed by atoms with Crippen LogP contribution in [-0.2, 0) is 14.3 Å². The molecule has 0 fully saturated rings. The summed E-state index contributed by atoms with van der Waals surface area (Å²) in [5, 5.41) is 0. The van der Waals surface area contributed by atoms with Crippen LogP contribution < -0.4 is 0 Å². The molecule has 2 rings (SSSR count). The molecule has 0 spiro atoms. The number of allylic oxidation sites excluding steroid dienone is 4. The fraction of sp³-hybridized carbons (Fsp3) is 0.273. The Labute approximate surface area is 81.7 Å². The van der Waals surface area contributed by atoms with E-state index < -0.39 is 11.9 Å². The van der Waals surface area contributed by atoms with Crippen LogP contribution in [0, 0.1) is 11.8 Å².